The Morgan fingerprint density at radius 3 is 2.67 bits per heavy atom. The van der Waals surface area contributed by atoms with E-state index in [2.05, 4.69) is 100 Å². The summed E-state index contributed by atoms with van der Waals surface area (Å²) in [5.41, 5.74) is 7.57. The van der Waals surface area contributed by atoms with Gasteiger partial charge in [-0.3, -0.25) is 4.98 Å². The summed E-state index contributed by atoms with van der Waals surface area (Å²) < 4.78 is 6.47. The molecule has 4 aromatic rings. The molecule has 0 saturated carbocycles. The molecule has 0 amide bonds. The molecule has 0 fully saturated rings. The molecule has 3 nitrogen and oxygen atoms in total. The van der Waals surface area contributed by atoms with Crippen LogP contribution in [0.5, 0.6) is 0 Å². The van der Waals surface area contributed by atoms with Crippen molar-refractivity contribution in [2.24, 2.45) is 11.3 Å². The first kappa shape index (κ1) is 24.2. The molecular weight excluding hydrogens is 440 g/mol. The maximum Gasteiger partial charge on any atom is 0.227 e. The van der Waals surface area contributed by atoms with Gasteiger partial charge in [0.15, 0.2) is 0 Å². The molecule has 0 bridgehead atoms. The van der Waals surface area contributed by atoms with Crippen molar-refractivity contribution in [1.82, 2.24) is 9.97 Å². The van der Waals surface area contributed by atoms with Gasteiger partial charge in [-0.2, -0.15) is 0 Å². The van der Waals surface area contributed by atoms with Crippen molar-refractivity contribution in [3.8, 4) is 11.1 Å². The Kier molecular flexibility index (Phi) is 6.66. The minimum Gasteiger partial charge on any atom is -0.437 e. The van der Waals surface area contributed by atoms with Crippen molar-refractivity contribution in [3.63, 3.8) is 0 Å². The van der Waals surface area contributed by atoms with Gasteiger partial charge in [-0.05, 0) is 78.5 Å². The highest BCUT2D eigenvalue weighted by Gasteiger charge is 2.36. The SMILES string of the molecule is CC=CC(C)(CC)C1CC=c2c(oc3ncccc23)=C1c1cc(-c2cccc(C(C)CC)c2)ccn1. The van der Waals surface area contributed by atoms with Gasteiger partial charge < -0.3 is 4.42 Å². The summed E-state index contributed by atoms with van der Waals surface area (Å²) in [6.07, 6.45) is 13.7. The van der Waals surface area contributed by atoms with Gasteiger partial charge in [-0.15, -0.1) is 0 Å². The highest BCUT2D eigenvalue weighted by molar-refractivity contribution is 5.80. The van der Waals surface area contributed by atoms with E-state index in [4.69, 9.17) is 9.40 Å². The number of hydrogen-bond acceptors (Lipinski definition) is 3. The topological polar surface area (TPSA) is 38.9 Å². The third kappa shape index (κ3) is 4.21. The van der Waals surface area contributed by atoms with E-state index in [9.17, 15) is 0 Å². The zero-order chi connectivity index (χ0) is 25.3. The number of hydrogen-bond donors (Lipinski definition) is 0. The molecule has 0 N–H and O–H groups in total. The first-order valence-electron chi connectivity index (χ1n) is 13.3. The van der Waals surface area contributed by atoms with Crippen LogP contribution in [0.1, 0.15) is 71.1 Å². The molecular formula is C33H36N2O. The Morgan fingerprint density at radius 2 is 1.89 bits per heavy atom. The van der Waals surface area contributed by atoms with Gasteiger partial charge in [-0.1, -0.05) is 70.2 Å². The number of rotatable bonds is 7. The number of aromatic nitrogens is 2. The minimum absolute atomic E-state index is 0.0150. The van der Waals surface area contributed by atoms with Crippen LogP contribution in [0.25, 0.3) is 33.9 Å². The van der Waals surface area contributed by atoms with Crippen molar-refractivity contribution in [2.45, 2.75) is 59.8 Å². The van der Waals surface area contributed by atoms with E-state index < -0.39 is 0 Å². The molecule has 3 heterocycles. The van der Waals surface area contributed by atoms with Gasteiger partial charge in [0.2, 0.25) is 5.71 Å². The summed E-state index contributed by atoms with van der Waals surface area (Å²) in [5.74, 6) is 0.788. The van der Waals surface area contributed by atoms with Crippen LogP contribution in [0.15, 0.2) is 77.5 Å². The summed E-state index contributed by atoms with van der Waals surface area (Å²) in [6.45, 7) is 11.3. The second kappa shape index (κ2) is 9.89. The lowest BCUT2D eigenvalue weighted by Crippen LogP contribution is -2.37. The first-order valence-corrected chi connectivity index (χ1v) is 13.3. The minimum atomic E-state index is -0.0150. The van der Waals surface area contributed by atoms with Crippen LogP contribution in [0.3, 0.4) is 0 Å². The number of benzene rings is 1. The van der Waals surface area contributed by atoms with E-state index in [-0.39, 0.29) is 11.3 Å². The van der Waals surface area contributed by atoms with Crippen LogP contribution < -0.4 is 10.6 Å². The lowest BCUT2D eigenvalue weighted by atomic mass is 9.67. The number of allylic oxidation sites excluding steroid dienone is 2. The normalized spacial score (nSPS) is 18.1. The molecule has 1 aliphatic carbocycles. The molecule has 0 saturated heterocycles. The Hall–Kier alpha value is -3.46. The third-order valence-corrected chi connectivity index (χ3v) is 8.20. The van der Waals surface area contributed by atoms with E-state index in [0.29, 0.717) is 11.6 Å². The van der Waals surface area contributed by atoms with Crippen LogP contribution >= 0.6 is 0 Å². The van der Waals surface area contributed by atoms with Gasteiger partial charge in [0.05, 0.1) is 5.69 Å². The summed E-state index contributed by atoms with van der Waals surface area (Å²) in [5, 5.41) is 2.22. The number of fused-ring (bicyclic) bond motifs is 3. The molecule has 3 aromatic heterocycles. The molecule has 1 aromatic carbocycles. The monoisotopic (exact) mass is 476 g/mol. The second-order valence-electron chi connectivity index (χ2n) is 10.3. The second-order valence-corrected chi connectivity index (χ2v) is 10.3. The van der Waals surface area contributed by atoms with Crippen LogP contribution in [-0.4, -0.2) is 9.97 Å². The summed E-state index contributed by atoms with van der Waals surface area (Å²) in [4.78, 5) is 9.46. The number of nitrogens with zero attached hydrogens (tertiary/aromatic N) is 2. The molecule has 184 valence electrons. The van der Waals surface area contributed by atoms with Crippen molar-refractivity contribution < 1.29 is 4.42 Å². The van der Waals surface area contributed by atoms with E-state index in [0.717, 1.165) is 41.0 Å². The first-order chi connectivity index (χ1) is 17.5. The van der Waals surface area contributed by atoms with Crippen LogP contribution in [0, 0.1) is 11.3 Å². The smallest absolute Gasteiger partial charge is 0.227 e. The molecule has 5 rings (SSSR count). The molecule has 36 heavy (non-hydrogen) atoms. The van der Waals surface area contributed by atoms with Crippen LogP contribution in [0.2, 0.25) is 0 Å². The third-order valence-electron chi connectivity index (χ3n) is 8.20. The molecule has 3 unspecified atom stereocenters. The fourth-order valence-electron chi connectivity index (χ4n) is 5.64. The average Bonchev–Trinajstić information content (AvgIpc) is 3.31. The predicted molar refractivity (Wildman–Crippen MR) is 150 cm³/mol. The van der Waals surface area contributed by atoms with Crippen molar-refractivity contribution in [1.29, 1.82) is 0 Å². The van der Waals surface area contributed by atoms with E-state index >= 15 is 0 Å². The standard InChI is InChI=1S/C33H36N2O/c1-6-17-33(5,8-3)28-15-14-26-27-13-10-18-35-32(27)36-31(26)30(28)29-21-25(16-19-34-29)24-12-9-11-23(20-24)22(4)7-2/h6,9-14,16-22,28H,7-8,15H2,1-5H3. The molecule has 3 atom stereocenters. The molecule has 3 heteroatoms. The number of furan rings is 1. The van der Waals surface area contributed by atoms with Crippen molar-refractivity contribution in [3.05, 3.63) is 95.0 Å². The Bertz CT molecular complexity index is 1540. The largest absolute Gasteiger partial charge is 0.437 e. The summed E-state index contributed by atoms with van der Waals surface area (Å²) >= 11 is 0. The lowest BCUT2D eigenvalue weighted by Gasteiger charge is -2.36. The zero-order valence-electron chi connectivity index (χ0n) is 22.1. The average molecular weight is 477 g/mol. The van der Waals surface area contributed by atoms with Gasteiger partial charge in [-0.25, -0.2) is 4.98 Å². The van der Waals surface area contributed by atoms with Gasteiger partial charge in [0.25, 0.3) is 0 Å². The molecule has 0 radical (unpaired) electrons. The highest BCUT2D eigenvalue weighted by Crippen LogP contribution is 2.43. The predicted octanol–water partition coefficient (Wildman–Crippen LogP) is 7.40. The Morgan fingerprint density at radius 1 is 1.06 bits per heavy atom. The van der Waals surface area contributed by atoms with Gasteiger partial charge in [0.1, 0.15) is 5.42 Å². The van der Waals surface area contributed by atoms with E-state index in [1.165, 1.54) is 22.3 Å². The zero-order valence-corrected chi connectivity index (χ0v) is 22.1. The maximum atomic E-state index is 6.47. The Labute approximate surface area is 214 Å². The van der Waals surface area contributed by atoms with Crippen LogP contribution in [-0.2, 0) is 0 Å². The summed E-state index contributed by atoms with van der Waals surface area (Å²) in [6, 6.07) is 17.4. The lowest BCUT2D eigenvalue weighted by molar-refractivity contribution is 0.305. The summed E-state index contributed by atoms with van der Waals surface area (Å²) in [7, 11) is 0. The fraction of sp³-hybridized carbons (Fsp3) is 0.333. The van der Waals surface area contributed by atoms with E-state index in [1.54, 1.807) is 6.20 Å². The fourth-order valence-corrected chi connectivity index (χ4v) is 5.64. The molecule has 0 aliphatic heterocycles. The van der Waals surface area contributed by atoms with Crippen molar-refractivity contribution in [2.75, 3.05) is 0 Å². The van der Waals surface area contributed by atoms with Gasteiger partial charge in [0, 0.05) is 34.5 Å². The molecule has 0 spiro atoms. The van der Waals surface area contributed by atoms with E-state index in [1.807, 2.05) is 12.3 Å². The van der Waals surface area contributed by atoms with Crippen molar-refractivity contribution >= 4 is 22.7 Å². The van der Waals surface area contributed by atoms with Crippen LogP contribution in [0.4, 0.5) is 0 Å². The number of pyridine rings is 2. The highest BCUT2D eigenvalue weighted by atomic mass is 16.3. The molecule has 1 aliphatic rings. The maximum absolute atomic E-state index is 6.47. The quantitative estimate of drug-likeness (QED) is 0.261. The Balaban J connectivity index is 1.75. The van der Waals surface area contributed by atoms with Gasteiger partial charge >= 0.3 is 0 Å².